The Labute approximate surface area is 171 Å². The van der Waals surface area contributed by atoms with E-state index in [9.17, 15) is 23.9 Å². The number of nitrogens with one attached hydrogen (secondary N) is 1. The molecule has 2 atom stereocenters. The highest BCUT2D eigenvalue weighted by Crippen LogP contribution is 2.32. The number of rotatable bonds is 6. The number of carbonyl (C=O) groups excluding carboxylic acids is 1. The van der Waals surface area contributed by atoms with Gasteiger partial charge in [-0.15, -0.1) is 0 Å². The average Bonchev–Trinajstić information content (AvgIpc) is 2.68. The molecule has 2 unspecified atom stereocenters. The Bertz CT molecular complexity index is 1010. The number of hydrogen-bond donors (Lipinski definition) is 2. The third-order valence-electron chi connectivity index (χ3n) is 4.89. The molecule has 154 valence electrons. The van der Waals surface area contributed by atoms with Crippen LogP contribution in [0.5, 0.6) is 0 Å². The molecule has 7 nitrogen and oxygen atoms in total. The van der Waals surface area contributed by atoms with Crippen LogP contribution in [0.25, 0.3) is 11.1 Å². The molecule has 0 saturated carbocycles. The molecule has 0 radical (unpaired) electrons. The van der Waals surface area contributed by atoms with Gasteiger partial charge in [-0.3, -0.25) is 9.59 Å². The summed E-state index contributed by atoms with van der Waals surface area (Å²) in [4.78, 5) is 37.2. The van der Waals surface area contributed by atoms with Crippen molar-refractivity contribution < 1.29 is 23.8 Å². The van der Waals surface area contributed by atoms with Crippen LogP contribution in [0.15, 0.2) is 35.3 Å². The Morgan fingerprint density at radius 2 is 2.10 bits per heavy atom. The molecule has 9 heteroatoms. The van der Waals surface area contributed by atoms with Gasteiger partial charge < -0.3 is 19.7 Å². The van der Waals surface area contributed by atoms with Crippen molar-refractivity contribution in [2.45, 2.75) is 24.9 Å². The summed E-state index contributed by atoms with van der Waals surface area (Å²) in [5.41, 5.74) is 1.11. The lowest BCUT2D eigenvalue weighted by atomic mass is 9.90. The van der Waals surface area contributed by atoms with E-state index in [0.29, 0.717) is 16.1 Å². The van der Waals surface area contributed by atoms with Crippen LogP contribution in [0, 0.1) is 0 Å². The first-order valence-electron chi connectivity index (χ1n) is 8.99. The maximum Gasteiger partial charge on any atom is 0.326 e. The number of fused-ring (bicyclic) bond motifs is 3. The van der Waals surface area contributed by atoms with Crippen LogP contribution in [0.1, 0.15) is 28.4 Å². The molecule has 0 aliphatic carbocycles. The number of amides is 1. The summed E-state index contributed by atoms with van der Waals surface area (Å²) >= 11 is 6.11. The molecule has 2 aromatic rings. The van der Waals surface area contributed by atoms with Gasteiger partial charge in [0.2, 0.25) is 0 Å². The van der Waals surface area contributed by atoms with Gasteiger partial charge in [0.15, 0.2) is 0 Å². The molecule has 1 aliphatic rings. The number of halogens is 2. The number of methoxy groups -OCH3 is 1. The first-order valence-corrected chi connectivity index (χ1v) is 9.37. The van der Waals surface area contributed by atoms with E-state index in [4.69, 9.17) is 16.3 Å². The van der Waals surface area contributed by atoms with Gasteiger partial charge in [0.05, 0.1) is 11.6 Å². The third-order valence-corrected chi connectivity index (χ3v) is 5.13. The van der Waals surface area contributed by atoms with Gasteiger partial charge >= 0.3 is 5.97 Å². The highest BCUT2D eigenvalue weighted by molar-refractivity contribution is 6.31. The molecule has 2 heterocycles. The van der Waals surface area contributed by atoms with Crippen molar-refractivity contribution in [3.63, 3.8) is 0 Å². The molecule has 3 rings (SSSR count). The Morgan fingerprint density at radius 1 is 1.34 bits per heavy atom. The molecule has 1 amide bonds. The smallest absolute Gasteiger partial charge is 0.326 e. The molecular weight excluding hydrogens is 403 g/mol. The van der Waals surface area contributed by atoms with Crippen LogP contribution in [0.2, 0.25) is 5.02 Å². The normalized spacial score (nSPS) is 16.8. The number of ether oxygens (including phenoxy) is 1. The van der Waals surface area contributed by atoms with Crippen LogP contribution in [0.3, 0.4) is 0 Å². The lowest BCUT2D eigenvalue weighted by Crippen LogP contribution is -2.40. The molecule has 1 aromatic heterocycles. The summed E-state index contributed by atoms with van der Waals surface area (Å²) < 4.78 is 19.4. The van der Waals surface area contributed by atoms with Crippen LogP contribution in [-0.4, -0.2) is 48.0 Å². The number of aromatic nitrogens is 1. The van der Waals surface area contributed by atoms with Crippen molar-refractivity contribution in [1.29, 1.82) is 0 Å². The monoisotopic (exact) mass is 422 g/mol. The minimum Gasteiger partial charge on any atom is -0.480 e. The van der Waals surface area contributed by atoms with Gasteiger partial charge in [0, 0.05) is 43.0 Å². The van der Waals surface area contributed by atoms with E-state index in [1.54, 1.807) is 18.2 Å². The fourth-order valence-corrected chi connectivity index (χ4v) is 3.63. The molecule has 0 bridgehead atoms. The number of nitrogens with zero attached hydrogens (tertiary/aromatic N) is 1. The number of carbonyl (C=O) groups is 2. The second-order valence-electron chi connectivity index (χ2n) is 6.81. The number of carboxylic acid groups (broad SMARTS) is 1. The summed E-state index contributed by atoms with van der Waals surface area (Å²) in [6.07, 6.45) is 1.50. The van der Waals surface area contributed by atoms with Gasteiger partial charge in [-0.25, -0.2) is 9.18 Å². The first-order chi connectivity index (χ1) is 13.8. The van der Waals surface area contributed by atoms with E-state index in [1.807, 2.05) is 0 Å². The highest BCUT2D eigenvalue weighted by atomic mass is 35.5. The SMILES string of the molecule is COCCC(C(=O)O)n1cc2c(cc1=O)-c1cc(Cl)ccc1CC(CF)NC2=O. The number of carboxylic acids is 1. The van der Waals surface area contributed by atoms with Crippen molar-refractivity contribution in [3.8, 4) is 11.1 Å². The van der Waals surface area contributed by atoms with Crippen LogP contribution in [0.4, 0.5) is 4.39 Å². The first kappa shape index (κ1) is 21.0. The standard InChI is InChI=1S/C20H20ClFN2O5/c1-29-5-4-17(20(27)28)24-10-16-15(8-18(24)25)14-7-12(21)3-2-11(14)6-13(9-22)23-19(16)26/h2-3,7-8,10,13,17H,4-6,9H2,1H3,(H,23,26)(H,27,28). The zero-order chi connectivity index (χ0) is 21.1. The van der Waals surface area contributed by atoms with E-state index in [2.05, 4.69) is 5.32 Å². The zero-order valence-corrected chi connectivity index (χ0v) is 16.4. The Morgan fingerprint density at radius 3 is 2.76 bits per heavy atom. The van der Waals surface area contributed by atoms with Crippen molar-refractivity contribution in [3.05, 3.63) is 57.0 Å². The summed E-state index contributed by atoms with van der Waals surface area (Å²) in [7, 11) is 1.42. The summed E-state index contributed by atoms with van der Waals surface area (Å²) in [5.74, 6) is -1.81. The second-order valence-corrected chi connectivity index (χ2v) is 7.25. The molecule has 2 N–H and O–H groups in total. The summed E-state index contributed by atoms with van der Waals surface area (Å²) in [6, 6.07) is 4.27. The highest BCUT2D eigenvalue weighted by Gasteiger charge is 2.28. The predicted molar refractivity (Wildman–Crippen MR) is 105 cm³/mol. The van der Waals surface area contributed by atoms with E-state index < -0.39 is 36.2 Å². The summed E-state index contributed by atoms with van der Waals surface area (Å²) in [6.45, 7) is -0.649. The Hall–Kier alpha value is -2.71. The van der Waals surface area contributed by atoms with Crippen LogP contribution in [-0.2, 0) is 16.0 Å². The second kappa shape index (κ2) is 8.75. The fourth-order valence-electron chi connectivity index (χ4n) is 3.46. The van der Waals surface area contributed by atoms with Crippen molar-refractivity contribution in [2.75, 3.05) is 20.4 Å². The van der Waals surface area contributed by atoms with Gasteiger partial charge in [-0.05, 0) is 29.7 Å². The third kappa shape index (κ3) is 4.33. The number of benzene rings is 1. The fraction of sp³-hybridized carbons (Fsp3) is 0.350. The maximum absolute atomic E-state index is 13.4. The van der Waals surface area contributed by atoms with Crippen LogP contribution < -0.4 is 10.9 Å². The molecule has 1 aromatic carbocycles. The average molecular weight is 423 g/mol. The van der Waals surface area contributed by atoms with Gasteiger partial charge in [-0.1, -0.05) is 17.7 Å². The number of aliphatic carboxylic acids is 1. The van der Waals surface area contributed by atoms with Crippen molar-refractivity contribution >= 4 is 23.5 Å². The molecule has 0 saturated heterocycles. The molecule has 0 spiro atoms. The molecular formula is C20H20ClFN2O5. The molecule has 0 fully saturated rings. The van der Waals surface area contributed by atoms with Crippen LogP contribution >= 0.6 is 11.6 Å². The van der Waals surface area contributed by atoms with Gasteiger partial charge in [-0.2, -0.15) is 0 Å². The Kier molecular flexibility index (Phi) is 6.34. The quantitative estimate of drug-likeness (QED) is 0.745. The largest absolute Gasteiger partial charge is 0.480 e. The van der Waals surface area contributed by atoms with Crippen molar-refractivity contribution in [1.82, 2.24) is 9.88 Å². The lowest BCUT2D eigenvalue weighted by Gasteiger charge is -2.24. The Balaban J connectivity index is 2.23. The number of hydrogen-bond acceptors (Lipinski definition) is 4. The minimum absolute atomic E-state index is 0.0433. The van der Waals surface area contributed by atoms with E-state index >= 15 is 0 Å². The topological polar surface area (TPSA) is 97.6 Å². The molecule has 1 aliphatic heterocycles. The number of alkyl halides is 1. The van der Waals surface area contributed by atoms with E-state index in [0.717, 1.165) is 10.1 Å². The van der Waals surface area contributed by atoms with E-state index in [1.165, 1.54) is 19.4 Å². The lowest BCUT2D eigenvalue weighted by molar-refractivity contribution is -0.141. The maximum atomic E-state index is 13.4. The molecule has 29 heavy (non-hydrogen) atoms. The zero-order valence-electron chi connectivity index (χ0n) is 15.7. The van der Waals surface area contributed by atoms with Gasteiger partial charge in [0.1, 0.15) is 12.7 Å². The summed E-state index contributed by atoms with van der Waals surface area (Å²) in [5, 5.41) is 12.5. The predicted octanol–water partition coefficient (Wildman–Crippen LogP) is 2.45. The van der Waals surface area contributed by atoms with E-state index in [-0.39, 0.29) is 25.0 Å². The number of pyridine rings is 1. The minimum atomic E-state index is -1.22. The van der Waals surface area contributed by atoms with Crippen molar-refractivity contribution in [2.24, 2.45) is 0 Å². The van der Waals surface area contributed by atoms with Gasteiger partial charge in [0.25, 0.3) is 11.5 Å².